The zero-order valence-electron chi connectivity index (χ0n) is 25.5. The first kappa shape index (κ1) is 28.8. The van der Waals surface area contributed by atoms with Gasteiger partial charge >= 0.3 is 0 Å². The van der Waals surface area contributed by atoms with E-state index in [4.69, 9.17) is 16.1 Å². The van der Waals surface area contributed by atoms with E-state index in [1.165, 1.54) is 10.9 Å². The van der Waals surface area contributed by atoms with Crippen molar-refractivity contribution < 1.29 is 21.1 Å². The first-order valence-electron chi connectivity index (χ1n) is 15.5. The van der Waals surface area contributed by atoms with Crippen molar-refractivity contribution in [2.75, 3.05) is 30.3 Å². The minimum absolute atomic E-state index is 0.00993. The van der Waals surface area contributed by atoms with Gasteiger partial charge in [-0.15, -0.1) is 0 Å². The molecule has 0 radical (unpaired) electrons. The summed E-state index contributed by atoms with van der Waals surface area (Å²) >= 11 is 0. The number of anilines is 2. The van der Waals surface area contributed by atoms with Gasteiger partial charge in [0.05, 0.1) is 6.33 Å². The maximum atomic E-state index is 12.6. The SMILES string of the molecule is [2H]CCNC(=O)[C@H]1OC(n2cnc3c(NCC(c4ccccc4)c4ccccc4)nc(NCCc4ccncc4)nc32)[C@H](O)[C@@H]1O. The smallest absolute Gasteiger partial charge is 0.252 e. The summed E-state index contributed by atoms with van der Waals surface area (Å²) in [6, 6.07) is 24.3. The van der Waals surface area contributed by atoms with Crippen molar-refractivity contribution in [2.24, 2.45) is 0 Å². The van der Waals surface area contributed by atoms with Crippen molar-refractivity contribution in [1.29, 1.82) is 0 Å². The monoisotopic (exact) mass is 609 g/mol. The van der Waals surface area contributed by atoms with Gasteiger partial charge in [0.1, 0.15) is 12.2 Å². The summed E-state index contributed by atoms with van der Waals surface area (Å²) in [7, 11) is 0. The van der Waals surface area contributed by atoms with Crippen LogP contribution in [0.4, 0.5) is 11.8 Å². The van der Waals surface area contributed by atoms with E-state index in [0.29, 0.717) is 42.4 Å². The van der Waals surface area contributed by atoms with Crippen LogP contribution in [0, 0.1) is 0 Å². The number of nitrogens with zero attached hydrogens (tertiary/aromatic N) is 5. The standard InChI is InChI=1S/C33H36N8O4/c1-2-35-31(44)28-26(42)27(43)32(45-28)41-20-38-25-29(39-33(40-30(25)41)36-18-15-21-13-16-34-17-14-21)37-19-24(22-9-5-3-6-10-22)23-11-7-4-8-12-23/h3-14,16-17,20,24,26-28,32,42-43H,2,15,18-19H2,1H3,(H,35,44)(H2,36,37,39,40)/t26-,27+,28-,32?/m0/s1/i1D. The Kier molecular flexibility index (Phi) is 8.85. The largest absolute Gasteiger partial charge is 0.387 e. The normalized spacial score (nSPS) is 19.8. The molecule has 5 N–H and O–H groups in total. The van der Waals surface area contributed by atoms with Crippen molar-refractivity contribution in [3.8, 4) is 0 Å². The molecule has 1 amide bonds. The van der Waals surface area contributed by atoms with Crippen LogP contribution >= 0.6 is 0 Å². The van der Waals surface area contributed by atoms with Crippen LogP contribution in [-0.2, 0) is 16.0 Å². The fraction of sp³-hybridized carbons (Fsp3) is 0.303. The number of fused-ring (bicyclic) bond motifs is 1. The second kappa shape index (κ2) is 13.8. The first-order valence-corrected chi connectivity index (χ1v) is 14.8. The van der Waals surface area contributed by atoms with Gasteiger partial charge in [-0.25, -0.2) is 4.98 Å². The van der Waals surface area contributed by atoms with Crippen molar-refractivity contribution in [3.05, 3.63) is 108 Å². The zero-order chi connectivity index (χ0) is 31.9. The number of aromatic nitrogens is 5. The molecule has 45 heavy (non-hydrogen) atoms. The molecular weight excluding hydrogens is 572 g/mol. The van der Waals surface area contributed by atoms with E-state index in [9.17, 15) is 15.0 Å². The van der Waals surface area contributed by atoms with Gasteiger partial charge in [-0.3, -0.25) is 14.3 Å². The Morgan fingerprint density at radius 1 is 0.978 bits per heavy atom. The van der Waals surface area contributed by atoms with Crippen molar-refractivity contribution in [1.82, 2.24) is 29.8 Å². The number of carbonyl (C=O) groups excluding carboxylic acids is 1. The van der Waals surface area contributed by atoms with Gasteiger partial charge in [-0.2, -0.15) is 9.97 Å². The molecule has 0 saturated carbocycles. The molecule has 12 heteroatoms. The number of hydrogen-bond donors (Lipinski definition) is 5. The van der Waals surface area contributed by atoms with E-state index in [1.54, 1.807) is 12.4 Å². The number of pyridine rings is 1. The fourth-order valence-corrected chi connectivity index (χ4v) is 5.50. The number of imidazole rings is 1. The van der Waals surface area contributed by atoms with Gasteiger partial charge in [0.2, 0.25) is 5.95 Å². The highest BCUT2D eigenvalue weighted by molar-refractivity contribution is 5.85. The van der Waals surface area contributed by atoms with Crippen LogP contribution in [0.15, 0.2) is 91.5 Å². The third kappa shape index (κ3) is 6.63. The minimum Gasteiger partial charge on any atom is -0.387 e. The Balaban J connectivity index is 1.31. The molecule has 0 aliphatic carbocycles. The summed E-state index contributed by atoms with van der Waals surface area (Å²) < 4.78 is 14.7. The number of ether oxygens (including phenoxy) is 1. The van der Waals surface area contributed by atoms with Crippen LogP contribution in [0.5, 0.6) is 0 Å². The summed E-state index contributed by atoms with van der Waals surface area (Å²) in [5.74, 6) is 0.217. The molecule has 6 rings (SSSR count). The molecule has 5 aromatic rings. The topological polar surface area (TPSA) is 159 Å². The lowest BCUT2D eigenvalue weighted by atomic mass is 9.91. The highest BCUT2D eigenvalue weighted by Gasteiger charge is 2.47. The van der Waals surface area contributed by atoms with Crippen LogP contribution < -0.4 is 16.0 Å². The fourth-order valence-electron chi connectivity index (χ4n) is 5.50. The molecule has 4 atom stereocenters. The Hall–Kier alpha value is -4.91. The number of nitrogens with one attached hydrogen (secondary N) is 3. The third-order valence-electron chi connectivity index (χ3n) is 7.82. The van der Waals surface area contributed by atoms with E-state index in [1.807, 2.05) is 48.5 Å². The van der Waals surface area contributed by atoms with Crippen LogP contribution in [0.2, 0.25) is 0 Å². The van der Waals surface area contributed by atoms with E-state index < -0.39 is 30.4 Å². The second-order valence-corrected chi connectivity index (χ2v) is 10.7. The third-order valence-corrected chi connectivity index (χ3v) is 7.82. The van der Waals surface area contributed by atoms with Crippen LogP contribution in [-0.4, -0.2) is 78.6 Å². The Bertz CT molecular complexity index is 1690. The number of benzene rings is 2. The van der Waals surface area contributed by atoms with E-state index in [0.717, 1.165) is 16.7 Å². The Morgan fingerprint density at radius 2 is 1.69 bits per heavy atom. The van der Waals surface area contributed by atoms with Crippen LogP contribution in [0.25, 0.3) is 11.2 Å². The van der Waals surface area contributed by atoms with Crippen LogP contribution in [0.3, 0.4) is 0 Å². The van der Waals surface area contributed by atoms with Gasteiger partial charge in [0.15, 0.2) is 29.3 Å². The molecule has 4 heterocycles. The predicted octanol–water partition coefficient (Wildman–Crippen LogP) is 2.88. The zero-order valence-corrected chi connectivity index (χ0v) is 24.5. The molecule has 1 unspecified atom stereocenters. The maximum Gasteiger partial charge on any atom is 0.252 e. The number of likely N-dealkylation sites (N-methyl/N-ethyl adjacent to an activating group) is 1. The molecule has 232 valence electrons. The summed E-state index contributed by atoms with van der Waals surface area (Å²) in [6.07, 6.45) is 0.289. The summed E-state index contributed by atoms with van der Waals surface area (Å²) in [4.78, 5) is 30.8. The number of aliphatic hydroxyl groups is 2. The van der Waals surface area contributed by atoms with Gasteiger partial charge < -0.3 is 30.9 Å². The van der Waals surface area contributed by atoms with Crippen molar-refractivity contribution >= 4 is 28.8 Å². The molecule has 1 aliphatic heterocycles. The molecule has 1 fully saturated rings. The van der Waals surface area contributed by atoms with E-state index in [-0.39, 0.29) is 19.4 Å². The van der Waals surface area contributed by atoms with Crippen LogP contribution in [0.1, 0.15) is 37.1 Å². The average molecular weight is 610 g/mol. The molecule has 1 aliphatic rings. The summed E-state index contributed by atoms with van der Waals surface area (Å²) in [5.41, 5.74) is 4.17. The van der Waals surface area contributed by atoms with Gasteiger partial charge in [-0.1, -0.05) is 60.7 Å². The molecular formula is C33H36N8O4. The molecule has 12 nitrogen and oxygen atoms in total. The van der Waals surface area contributed by atoms with Crippen molar-refractivity contribution in [2.45, 2.75) is 43.8 Å². The molecule has 1 saturated heterocycles. The molecule has 0 spiro atoms. The van der Waals surface area contributed by atoms with Gasteiger partial charge in [0.25, 0.3) is 5.91 Å². The number of carbonyl (C=O) groups is 1. The highest BCUT2D eigenvalue weighted by atomic mass is 16.6. The number of rotatable bonds is 12. The second-order valence-electron chi connectivity index (χ2n) is 10.7. The lowest BCUT2D eigenvalue weighted by Gasteiger charge is -2.20. The Labute approximate surface area is 262 Å². The lowest BCUT2D eigenvalue weighted by Crippen LogP contribution is -2.42. The summed E-state index contributed by atoms with van der Waals surface area (Å²) in [6.45, 7) is 1.12. The quantitative estimate of drug-likeness (QED) is 0.142. The Morgan fingerprint density at radius 3 is 2.38 bits per heavy atom. The molecule has 0 bridgehead atoms. The average Bonchev–Trinajstić information content (AvgIpc) is 3.65. The molecule has 3 aromatic heterocycles. The van der Waals surface area contributed by atoms with E-state index in [2.05, 4.69) is 50.2 Å². The van der Waals surface area contributed by atoms with Crippen molar-refractivity contribution in [3.63, 3.8) is 0 Å². The highest BCUT2D eigenvalue weighted by Crippen LogP contribution is 2.34. The number of aliphatic hydroxyl groups excluding tert-OH is 2. The summed E-state index contributed by atoms with van der Waals surface area (Å²) in [5, 5.41) is 31.0. The minimum atomic E-state index is -1.48. The molecule has 2 aromatic carbocycles. The lowest BCUT2D eigenvalue weighted by molar-refractivity contribution is -0.137. The number of amides is 1. The van der Waals surface area contributed by atoms with Gasteiger partial charge in [0, 0.05) is 39.3 Å². The first-order chi connectivity index (χ1) is 22.5. The predicted molar refractivity (Wildman–Crippen MR) is 170 cm³/mol. The maximum absolute atomic E-state index is 12.6. The van der Waals surface area contributed by atoms with Gasteiger partial charge in [-0.05, 0) is 42.1 Å². The number of hydrogen-bond acceptors (Lipinski definition) is 10. The van der Waals surface area contributed by atoms with E-state index >= 15 is 0 Å².